The minimum atomic E-state index is -1.09. The van der Waals surface area contributed by atoms with Crippen molar-refractivity contribution in [2.45, 2.75) is 50.4 Å². The van der Waals surface area contributed by atoms with Gasteiger partial charge in [-0.2, -0.15) is 0 Å². The highest BCUT2D eigenvalue weighted by Gasteiger charge is 2.48. The van der Waals surface area contributed by atoms with E-state index >= 15 is 0 Å². The first kappa shape index (κ1) is 18.0. The molecule has 6 heteroatoms. The monoisotopic (exact) mass is 376 g/mol. The molecule has 2 aliphatic rings. The van der Waals surface area contributed by atoms with Crippen molar-refractivity contribution in [3.05, 3.63) is 34.9 Å². The number of hydrogen-bond acceptors (Lipinski definition) is 5. The summed E-state index contributed by atoms with van der Waals surface area (Å²) < 4.78 is 5.97. The molecule has 2 N–H and O–H groups in total. The van der Waals surface area contributed by atoms with Gasteiger partial charge >= 0.3 is 0 Å². The van der Waals surface area contributed by atoms with Crippen LogP contribution in [-0.4, -0.2) is 52.2 Å². The highest BCUT2D eigenvalue weighted by molar-refractivity contribution is 6.31. The van der Waals surface area contributed by atoms with E-state index in [0.717, 1.165) is 42.7 Å². The van der Waals surface area contributed by atoms with Gasteiger partial charge in [0.25, 0.3) is 0 Å². The molecule has 2 aliphatic heterocycles. The predicted octanol–water partition coefficient (Wildman–Crippen LogP) is 3.07. The maximum absolute atomic E-state index is 10.5. The third-order valence-electron chi connectivity index (χ3n) is 5.91. The van der Waals surface area contributed by atoms with Gasteiger partial charge in [0, 0.05) is 29.9 Å². The molecule has 2 aromatic rings. The van der Waals surface area contributed by atoms with Crippen LogP contribution < -0.4 is 4.90 Å². The Morgan fingerprint density at radius 2 is 2.00 bits per heavy atom. The Morgan fingerprint density at radius 1 is 1.27 bits per heavy atom. The summed E-state index contributed by atoms with van der Waals surface area (Å²) >= 11 is 6.13. The molecule has 3 heterocycles. The number of piperidine rings is 1. The number of aryl methyl sites for hydroxylation is 1. The molecular weight excluding hydrogens is 352 g/mol. The van der Waals surface area contributed by atoms with Crippen molar-refractivity contribution in [1.82, 2.24) is 4.98 Å². The summed E-state index contributed by atoms with van der Waals surface area (Å²) in [4.78, 5) is 7.07. The van der Waals surface area contributed by atoms with E-state index in [2.05, 4.69) is 17.9 Å². The Hall–Kier alpha value is -1.40. The summed E-state index contributed by atoms with van der Waals surface area (Å²) in [6.07, 6.45) is 1.27. The van der Waals surface area contributed by atoms with E-state index in [1.807, 2.05) is 18.2 Å². The van der Waals surface area contributed by atoms with Crippen LogP contribution in [0, 0.1) is 6.92 Å². The van der Waals surface area contributed by atoms with Gasteiger partial charge < -0.3 is 19.8 Å². The van der Waals surface area contributed by atoms with Crippen molar-refractivity contribution in [3.63, 3.8) is 0 Å². The van der Waals surface area contributed by atoms with E-state index in [9.17, 15) is 10.2 Å². The Labute approximate surface area is 158 Å². The molecule has 1 aromatic carbocycles. The molecule has 1 spiro atoms. The van der Waals surface area contributed by atoms with Gasteiger partial charge in [-0.1, -0.05) is 17.7 Å². The quantitative estimate of drug-likeness (QED) is 0.800. The summed E-state index contributed by atoms with van der Waals surface area (Å²) in [5, 5.41) is 22.2. The van der Waals surface area contributed by atoms with Crippen LogP contribution in [0.5, 0.6) is 0 Å². The third kappa shape index (κ3) is 3.18. The molecule has 4 rings (SSSR count). The van der Waals surface area contributed by atoms with Crippen molar-refractivity contribution >= 4 is 28.3 Å². The zero-order chi connectivity index (χ0) is 18.5. The molecule has 0 aliphatic carbocycles. The fourth-order valence-electron chi connectivity index (χ4n) is 4.24. The number of aliphatic hydroxyl groups is 2. The lowest BCUT2D eigenvalue weighted by atomic mass is 9.76. The second-order valence-electron chi connectivity index (χ2n) is 7.99. The number of ether oxygens (including phenoxy) is 1. The van der Waals surface area contributed by atoms with Crippen molar-refractivity contribution in [2.24, 2.45) is 0 Å². The second-order valence-corrected chi connectivity index (χ2v) is 8.43. The number of aliphatic hydroxyl groups excluding tert-OH is 1. The topological polar surface area (TPSA) is 65.8 Å². The average molecular weight is 377 g/mol. The fraction of sp³-hybridized carbons (Fsp3) is 0.550. The van der Waals surface area contributed by atoms with Crippen LogP contribution in [0.3, 0.4) is 0 Å². The Morgan fingerprint density at radius 3 is 2.69 bits per heavy atom. The van der Waals surface area contributed by atoms with Crippen molar-refractivity contribution in [2.75, 3.05) is 24.6 Å². The lowest BCUT2D eigenvalue weighted by Crippen LogP contribution is -2.59. The molecule has 2 saturated heterocycles. The third-order valence-corrected chi connectivity index (χ3v) is 6.14. The largest absolute Gasteiger partial charge is 0.388 e. The number of hydrogen-bond donors (Lipinski definition) is 2. The summed E-state index contributed by atoms with van der Waals surface area (Å²) in [6, 6.07) is 7.93. The van der Waals surface area contributed by atoms with E-state index < -0.39 is 11.7 Å². The summed E-state index contributed by atoms with van der Waals surface area (Å²) in [6.45, 7) is 5.61. The summed E-state index contributed by atoms with van der Waals surface area (Å²) in [7, 11) is 0. The highest BCUT2D eigenvalue weighted by Crippen LogP contribution is 2.40. The number of fused-ring (bicyclic) bond motifs is 1. The molecular formula is C20H25ClN2O3. The molecule has 26 heavy (non-hydrogen) atoms. The molecule has 0 amide bonds. The van der Waals surface area contributed by atoms with Crippen LogP contribution in [0.25, 0.3) is 10.9 Å². The van der Waals surface area contributed by atoms with Gasteiger partial charge in [-0.15, -0.1) is 0 Å². The first-order valence-electron chi connectivity index (χ1n) is 9.14. The van der Waals surface area contributed by atoms with E-state index in [1.54, 1.807) is 6.92 Å². The molecule has 0 unspecified atom stereocenters. The minimum absolute atomic E-state index is 0.193. The fourth-order valence-corrected chi connectivity index (χ4v) is 4.41. The van der Waals surface area contributed by atoms with Crippen LogP contribution in [0.15, 0.2) is 24.3 Å². The smallest absolute Gasteiger partial charge is 0.129 e. The molecule has 2 atom stereocenters. The molecule has 0 bridgehead atoms. The zero-order valence-electron chi connectivity index (χ0n) is 15.2. The van der Waals surface area contributed by atoms with Gasteiger partial charge in [0.05, 0.1) is 23.3 Å². The lowest BCUT2D eigenvalue weighted by Gasteiger charge is -2.50. The summed E-state index contributed by atoms with van der Waals surface area (Å²) in [5.74, 6) is 0.953. The first-order chi connectivity index (χ1) is 12.3. The van der Waals surface area contributed by atoms with Crippen LogP contribution in [0.2, 0.25) is 5.02 Å². The Bertz CT molecular complexity index is 831. The van der Waals surface area contributed by atoms with E-state index in [0.29, 0.717) is 11.4 Å². The summed E-state index contributed by atoms with van der Waals surface area (Å²) in [5.41, 5.74) is 0.651. The van der Waals surface area contributed by atoms with Gasteiger partial charge in [0.15, 0.2) is 0 Å². The minimum Gasteiger partial charge on any atom is -0.388 e. The number of halogens is 1. The van der Waals surface area contributed by atoms with Gasteiger partial charge in [-0.25, -0.2) is 4.98 Å². The number of aromatic nitrogens is 1. The normalized spacial score (nSPS) is 28.7. The van der Waals surface area contributed by atoms with Crippen LogP contribution in [0.1, 0.15) is 31.7 Å². The van der Waals surface area contributed by atoms with Crippen LogP contribution >= 0.6 is 11.6 Å². The number of benzene rings is 1. The van der Waals surface area contributed by atoms with Gasteiger partial charge in [0.2, 0.25) is 0 Å². The van der Waals surface area contributed by atoms with Crippen molar-refractivity contribution in [1.29, 1.82) is 0 Å². The lowest BCUT2D eigenvalue weighted by molar-refractivity contribution is -0.216. The van der Waals surface area contributed by atoms with Gasteiger partial charge in [-0.05, 0) is 50.5 Å². The predicted molar refractivity (Wildman–Crippen MR) is 103 cm³/mol. The van der Waals surface area contributed by atoms with Gasteiger partial charge in [-0.3, -0.25) is 0 Å². The number of rotatable bonds is 1. The van der Waals surface area contributed by atoms with E-state index in [4.69, 9.17) is 21.3 Å². The first-order valence-corrected chi connectivity index (χ1v) is 9.52. The molecule has 2 fully saturated rings. The molecule has 5 nitrogen and oxygen atoms in total. The van der Waals surface area contributed by atoms with Gasteiger partial charge in [0.1, 0.15) is 11.9 Å². The number of nitrogens with zero attached hydrogens (tertiary/aromatic N) is 2. The zero-order valence-corrected chi connectivity index (χ0v) is 16.0. The highest BCUT2D eigenvalue weighted by atomic mass is 35.5. The van der Waals surface area contributed by atoms with Crippen LogP contribution in [0.4, 0.5) is 5.82 Å². The maximum Gasteiger partial charge on any atom is 0.129 e. The Kier molecular flexibility index (Phi) is 4.39. The van der Waals surface area contributed by atoms with Crippen molar-refractivity contribution < 1.29 is 14.9 Å². The van der Waals surface area contributed by atoms with E-state index in [1.165, 1.54) is 5.56 Å². The maximum atomic E-state index is 10.5. The SMILES string of the molecule is Cc1cc(N2CCC3(CC2)C[C@](C)(O)[C@@H](O)CO3)nc2cc(Cl)ccc12. The standard InChI is InChI=1S/C20H25ClN2O3/c1-13-9-18(22-16-10-14(21)3-4-15(13)16)23-7-5-20(6-8-23)12-19(2,25)17(24)11-26-20/h3-4,9-10,17,24-25H,5-8,11-12H2,1-2H3/t17-,19-/m0/s1. The molecule has 1 aromatic heterocycles. The van der Waals surface area contributed by atoms with Crippen LogP contribution in [-0.2, 0) is 4.74 Å². The Balaban J connectivity index is 1.54. The van der Waals surface area contributed by atoms with Crippen molar-refractivity contribution in [3.8, 4) is 0 Å². The molecule has 0 radical (unpaired) electrons. The average Bonchev–Trinajstić information content (AvgIpc) is 2.58. The number of pyridine rings is 1. The van der Waals surface area contributed by atoms with E-state index in [-0.39, 0.29) is 12.2 Å². The number of anilines is 1. The molecule has 140 valence electrons. The molecule has 0 saturated carbocycles. The second kappa shape index (κ2) is 6.34.